The Kier molecular flexibility index (Phi) is 10.4. The van der Waals surface area contributed by atoms with E-state index in [2.05, 4.69) is 5.48 Å². The summed E-state index contributed by atoms with van der Waals surface area (Å²) in [5.41, 5.74) is 7.03. The molecule has 1 aliphatic heterocycles. The summed E-state index contributed by atoms with van der Waals surface area (Å²) in [6, 6.07) is 0. The van der Waals surface area contributed by atoms with Crippen LogP contribution >= 0.6 is 12.0 Å². The second-order valence-corrected chi connectivity index (χ2v) is 9.61. The highest BCUT2D eigenvalue weighted by molar-refractivity contribution is 7.96. The maximum atomic E-state index is 12.6. The van der Waals surface area contributed by atoms with Crippen molar-refractivity contribution in [3.63, 3.8) is 0 Å². The van der Waals surface area contributed by atoms with Gasteiger partial charge in [0.15, 0.2) is 0 Å². The van der Waals surface area contributed by atoms with Gasteiger partial charge < -0.3 is 15.2 Å². The van der Waals surface area contributed by atoms with Gasteiger partial charge in [0.25, 0.3) is 0 Å². The van der Waals surface area contributed by atoms with Gasteiger partial charge in [0.2, 0.25) is 23.6 Å². The minimum atomic E-state index is -0.694. The van der Waals surface area contributed by atoms with Crippen molar-refractivity contribution >= 4 is 35.7 Å². The van der Waals surface area contributed by atoms with E-state index in [1.807, 2.05) is 13.8 Å². The maximum Gasteiger partial charge on any atom is 0.247 e. The van der Waals surface area contributed by atoms with E-state index in [-0.39, 0.29) is 48.3 Å². The van der Waals surface area contributed by atoms with Gasteiger partial charge in [0.05, 0.1) is 31.7 Å². The molecule has 0 aromatic carbocycles. The van der Waals surface area contributed by atoms with Gasteiger partial charge in [-0.2, -0.15) is 0 Å². The lowest BCUT2D eigenvalue weighted by Crippen LogP contribution is -2.38. The molecule has 4 amide bonds. The standard InChI is InChI=1S/C21H35N3O7S/c1-4-21(2,30-10-9-29-3)12-17(25)23-31-32-16-11-18(26)24(20(16)28)13-14-5-7-15(8-6-14)19(22)27/h14-16H,4-13H2,1-3H3,(H2,22,27)(H,23,25). The van der Waals surface area contributed by atoms with Gasteiger partial charge >= 0.3 is 0 Å². The molecule has 3 N–H and O–H groups in total. The van der Waals surface area contributed by atoms with Crippen LogP contribution in [0.2, 0.25) is 0 Å². The molecule has 0 bridgehead atoms. The number of likely N-dealkylation sites (tertiary alicyclic amines) is 1. The van der Waals surface area contributed by atoms with E-state index in [4.69, 9.17) is 19.5 Å². The third-order valence-corrected chi connectivity index (χ3v) is 7.01. The van der Waals surface area contributed by atoms with Crippen molar-refractivity contribution in [2.45, 2.75) is 69.6 Å². The van der Waals surface area contributed by atoms with Crippen molar-refractivity contribution in [2.75, 3.05) is 26.9 Å². The van der Waals surface area contributed by atoms with Crippen LogP contribution in [0.3, 0.4) is 0 Å². The van der Waals surface area contributed by atoms with Crippen molar-refractivity contribution in [3.05, 3.63) is 0 Å². The molecule has 2 rings (SSSR count). The van der Waals surface area contributed by atoms with E-state index in [1.165, 1.54) is 4.90 Å². The van der Waals surface area contributed by atoms with Crippen LogP contribution in [0.5, 0.6) is 0 Å². The number of hydroxylamine groups is 1. The number of hydrogen-bond donors (Lipinski definition) is 2. The lowest BCUT2D eigenvalue weighted by atomic mass is 9.81. The largest absolute Gasteiger partial charge is 0.382 e. The van der Waals surface area contributed by atoms with E-state index in [1.54, 1.807) is 7.11 Å². The Hall–Kier alpha value is -1.69. The molecular weight excluding hydrogens is 438 g/mol. The Labute approximate surface area is 193 Å². The fourth-order valence-corrected chi connectivity index (χ4v) is 4.64. The summed E-state index contributed by atoms with van der Waals surface area (Å²) in [7, 11) is 1.58. The average Bonchev–Trinajstić information content (AvgIpc) is 3.02. The number of hydrogen-bond acceptors (Lipinski definition) is 8. The first-order valence-corrected chi connectivity index (χ1v) is 11.9. The number of rotatable bonds is 13. The second-order valence-electron chi connectivity index (χ2n) is 8.68. The Morgan fingerprint density at radius 2 is 1.91 bits per heavy atom. The van der Waals surface area contributed by atoms with Gasteiger partial charge in [0, 0.05) is 31.6 Å². The number of nitrogens with two attached hydrogens (primary N) is 1. The minimum absolute atomic E-state index is 0.0306. The van der Waals surface area contributed by atoms with Crippen LogP contribution in [0.4, 0.5) is 0 Å². The van der Waals surface area contributed by atoms with Gasteiger partial charge in [-0.15, -0.1) is 0 Å². The molecule has 0 spiro atoms. The molecule has 11 heteroatoms. The van der Waals surface area contributed by atoms with E-state index < -0.39 is 10.9 Å². The predicted octanol–water partition coefficient (Wildman–Crippen LogP) is 1.32. The molecule has 2 fully saturated rings. The zero-order valence-electron chi connectivity index (χ0n) is 19.1. The summed E-state index contributed by atoms with van der Waals surface area (Å²) < 4.78 is 15.9. The molecule has 1 saturated heterocycles. The van der Waals surface area contributed by atoms with Crippen LogP contribution in [-0.2, 0) is 32.9 Å². The number of amides is 4. The molecule has 0 aromatic heterocycles. The first-order chi connectivity index (χ1) is 15.2. The number of carbonyl (C=O) groups is 4. The fraction of sp³-hybridized carbons (Fsp3) is 0.810. The molecule has 2 unspecified atom stereocenters. The summed E-state index contributed by atoms with van der Waals surface area (Å²) in [6.07, 6.45) is 3.65. The van der Waals surface area contributed by atoms with Crippen molar-refractivity contribution in [3.8, 4) is 0 Å². The van der Waals surface area contributed by atoms with Crippen LogP contribution in [0.25, 0.3) is 0 Å². The number of ether oxygens (including phenoxy) is 2. The summed E-state index contributed by atoms with van der Waals surface area (Å²) in [6.45, 7) is 4.92. The third kappa shape index (κ3) is 7.72. The highest BCUT2D eigenvalue weighted by Gasteiger charge is 2.41. The van der Waals surface area contributed by atoms with Gasteiger partial charge in [0.1, 0.15) is 5.25 Å². The van der Waals surface area contributed by atoms with Crippen molar-refractivity contribution in [1.82, 2.24) is 10.4 Å². The molecule has 182 valence electrons. The zero-order valence-corrected chi connectivity index (χ0v) is 19.9. The lowest BCUT2D eigenvalue weighted by Gasteiger charge is -2.29. The smallest absolute Gasteiger partial charge is 0.247 e. The normalized spacial score (nSPS) is 25.6. The van der Waals surface area contributed by atoms with Crippen molar-refractivity contribution in [2.24, 2.45) is 17.6 Å². The molecule has 2 aliphatic rings. The summed E-state index contributed by atoms with van der Waals surface area (Å²) in [5.74, 6) is -1.16. The Balaban J connectivity index is 1.74. The molecule has 32 heavy (non-hydrogen) atoms. The molecule has 1 heterocycles. The second kappa shape index (κ2) is 12.5. The van der Waals surface area contributed by atoms with Crippen LogP contribution in [-0.4, -0.2) is 66.2 Å². The van der Waals surface area contributed by atoms with Crippen molar-refractivity contribution < 1.29 is 32.9 Å². The fourth-order valence-electron chi connectivity index (χ4n) is 3.96. The van der Waals surface area contributed by atoms with Gasteiger partial charge in [-0.1, -0.05) is 6.92 Å². The molecule has 2 atom stereocenters. The lowest BCUT2D eigenvalue weighted by molar-refractivity contribution is -0.140. The first-order valence-electron chi connectivity index (χ1n) is 11.1. The Morgan fingerprint density at radius 1 is 1.22 bits per heavy atom. The van der Waals surface area contributed by atoms with Gasteiger partial charge in [-0.25, -0.2) is 9.76 Å². The molecule has 1 aliphatic carbocycles. The summed E-state index contributed by atoms with van der Waals surface area (Å²) in [5, 5.41) is -0.694. The monoisotopic (exact) mass is 473 g/mol. The van der Waals surface area contributed by atoms with Gasteiger partial charge in [-0.05, 0) is 44.9 Å². The number of imide groups is 1. The number of carbonyl (C=O) groups excluding carboxylic acids is 4. The molecular formula is C21H35N3O7S. The number of nitrogens with one attached hydrogen (secondary N) is 1. The highest BCUT2D eigenvalue weighted by Crippen LogP contribution is 2.32. The van der Waals surface area contributed by atoms with Crippen molar-refractivity contribution in [1.29, 1.82) is 0 Å². The quantitative estimate of drug-likeness (QED) is 0.177. The number of primary amides is 1. The van der Waals surface area contributed by atoms with Gasteiger partial charge in [-0.3, -0.25) is 24.1 Å². The molecule has 1 saturated carbocycles. The number of methoxy groups -OCH3 is 1. The summed E-state index contributed by atoms with van der Waals surface area (Å²) >= 11 is 0.783. The minimum Gasteiger partial charge on any atom is -0.382 e. The third-order valence-electron chi connectivity index (χ3n) is 6.23. The van der Waals surface area contributed by atoms with E-state index in [0.29, 0.717) is 39.0 Å². The van der Waals surface area contributed by atoms with E-state index in [0.717, 1.165) is 24.9 Å². The number of nitrogens with zero attached hydrogens (tertiary/aromatic N) is 1. The Bertz CT molecular complexity index is 684. The van der Waals surface area contributed by atoms with Crippen LogP contribution in [0.1, 0.15) is 58.8 Å². The Morgan fingerprint density at radius 3 is 2.50 bits per heavy atom. The molecule has 10 nitrogen and oxygen atoms in total. The molecule has 0 radical (unpaired) electrons. The van der Waals surface area contributed by atoms with Crippen LogP contribution in [0.15, 0.2) is 0 Å². The molecule has 0 aromatic rings. The van der Waals surface area contributed by atoms with Crippen LogP contribution in [0, 0.1) is 11.8 Å². The predicted molar refractivity (Wildman–Crippen MR) is 118 cm³/mol. The SMILES string of the molecule is CCC(C)(CC(=O)NOSC1CC(=O)N(CC2CCC(C(N)=O)CC2)C1=O)OCCOC. The zero-order chi connectivity index (χ0) is 23.7. The van der Waals surface area contributed by atoms with E-state index in [9.17, 15) is 19.2 Å². The van der Waals surface area contributed by atoms with E-state index >= 15 is 0 Å². The average molecular weight is 474 g/mol. The topological polar surface area (TPSA) is 137 Å². The van der Waals surface area contributed by atoms with Crippen LogP contribution < -0.4 is 11.2 Å². The summed E-state index contributed by atoms with van der Waals surface area (Å²) in [4.78, 5) is 49.8. The first kappa shape index (κ1) is 26.6. The maximum absolute atomic E-state index is 12.6. The highest BCUT2D eigenvalue weighted by atomic mass is 32.2.